The summed E-state index contributed by atoms with van der Waals surface area (Å²) in [5.41, 5.74) is 2.34. The number of aryl methyl sites for hydroxylation is 1. The second kappa shape index (κ2) is 8.91. The van der Waals surface area contributed by atoms with Crippen molar-refractivity contribution in [3.8, 4) is 0 Å². The number of benzene rings is 2. The van der Waals surface area contributed by atoms with Gasteiger partial charge in [0.05, 0.1) is 11.5 Å². The normalized spacial score (nSPS) is 25.4. The standard InChI is InChI=1S/C26H24O6/c1-15-7-6-10-18(13-15)16(2)20(27)12-11-19-21(14-22-23(19)24(28)26(30)32-22)31-25(29)17-8-4-3-5-9-17/h3-13,16,19,21-23H,14H2,1-2H3/b12-11+/t16-,19+,21-,22+,23-/m1/s1. The Morgan fingerprint density at radius 2 is 1.84 bits per heavy atom. The summed E-state index contributed by atoms with van der Waals surface area (Å²) in [4.78, 5) is 49.6. The summed E-state index contributed by atoms with van der Waals surface area (Å²) in [6.45, 7) is 3.78. The topological polar surface area (TPSA) is 86.7 Å². The van der Waals surface area contributed by atoms with Crippen LogP contribution in [-0.2, 0) is 23.9 Å². The van der Waals surface area contributed by atoms with Crippen LogP contribution in [0, 0.1) is 18.8 Å². The third-order valence-electron chi connectivity index (χ3n) is 6.19. The Balaban J connectivity index is 1.54. The van der Waals surface area contributed by atoms with E-state index in [4.69, 9.17) is 9.47 Å². The molecule has 2 fully saturated rings. The van der Waals surface area contributed by atoms with Crippen molar-refractivity contribution in [2.24, 2.45) is 11.8 Å². The minimum absolute atomic E-state index is 0.134. The molecule has 0 bridgehead atoms. The summed E-state index contributed by atoms with van der Waals surface area (Å²) in [5.74, 6) is -3.90. The number of hydrogen-bond donors (Lipinski definition) is 0. The number of fused-ring (bicyclic) bond motifs is 1. The maximum atomic E-state index is 12.8. The van der Waals surface area contributed by atoms with E-state index in [0.29, 0.717) is 5.56 Å². The minimum atomic E-state index is -0.870. The number of rotatable bonds is 6. The lowest BCUT2D eigenvalue weighted by atomic mass is 9.89. The van der Waals surface area contributed by atoms with Crippen molar-refractivity contribution in [2.75, 3.05) is 0 Å². The summed E-state index contributed by atoms with van der Waals surface area (Å²) in [7, 11) is 0. The second-order valence-electron chi connectivity index (χ2n) is 8.35. The fourth-order valence-electron chi connectivity index (χ4n) is 4.41. The van der Waals surface area contributed by atoms with Gasteiger partial charge in [-0.25, -0.2) is 9.59 Å². The van der Waals surface area contributed by atoms with Gasteiger partial charge in [0, 0.05) is 18.3 Å². The van der Waals surface area contributed by atoms with E-state index in [9.17, 15) is 19.2 Å². The molecule has 1 aliphatic heterocycles. The molecule has 2 aromatic rings. The first-order chi connectivity index (χ1) is 15.3. The molecule has 2 aliphatic rings. The van der Waals surface area contributed by atoms with Gasteiger partial charge in [-0.05, 0) is 30.7 Å². The van der Waals surface area contributed by atoms with Gasteiger partial charge < -0.3 is 9.47 Å². The van der Waals surface area contributed by atoms with Gasteiger partial charge in [-0.1, -0.05) is 61.0 Å². The first-order valence-electron chi connectivity index (χ1n) is 10.6. The molecule has 32 heavy (non-hydrogen) atoms. The van der Waals surface area contributed by atoms with E-state index in [-0.39, 0.29) is 18.1 Å². The van der Waals surface area contributed by atoms with E-state index < -0.39 is 41.8 Å². The Kier molecular flexibility index (Phi) is 6.04. The van der Waals surface area contributed by atoms with Crippen LogP contribution in [0.3, 0.4) is 0 Å². The first-order valence-corrected chi connectivity index (χ1v) is 10.6. The quantitative estimate of drug-likeness (QED) is 0.394. The van der Waals surface area contributed by atoms with Gasteiger partial charge in [0.2, 0.25) is 5.78 Å². The smallest absolute Gasteiger partial charge is 0.375 e. The van der Waals surface area contributed by atoms with Gasteiger partial charge in [-0.3, -0.25) is 9.59 Å². The Bertz CT molecular complexity index is 1090. The number of ketones is 2. The lowest BCUT2D eigenvalue weighted by Gasteiger charge is -2.20. The molecule has 6 heteroatoms. The number of carbonyl (C=O) groups is 4. The van der Waals surface area contributed by atoms with Crippen LogP contribution in [0.5, 0.6) is 0 Å². The maximum Gasteiger partial charge on any atom is 0.375 e. The van der Waals surface area contributed by atoms with E-state index in [2.05, 4.69) is 0 Å². The number of hydrogen-bond acceptors (Lipinski definition) is 6. The molecule has 5 atom stereocenters. The third-order valence-corrected chi connectivity index (χ3v) is 6.19. The molecule has 0 amide bonds. The molecular weight excluding hydrogens is 408 g/mol. The second-order valence-corrected chi connectivity index (χ2v) is 8.35. The number of esters is 2. The van der Waals surface area contributed by atoms with Gasteiger partial charge in [0.1, 0.15) is 12.2 Å². The summed E-state index contributed by atoms with van der Waals surface area (Å²) in [5, 5.41) is 0. The zero-order valence-corrected chi connectivity index (χ0v) is 17.9. The average molecular weight is 432 g/mol. The van der Waals surface area contributed by atoms with Crippen molar-refractivity contribution in [1.82, 2.24) is 0 Å². The largest absolute Gasteiger partial charge is 0.458 e. The molecule has 2 aromatic carbocycles. The lowest BCUT2D eigenvalue weighted by Crippen LogP contribution is -2.29. The highest BCUT2D eigenvalue weighted by atomic mass is 16.6. The van der Waals surface area contributed by atoms with Crippen molar-refractivity contribution < 1.29 is 28.7 Å². The number of allylic oxidation sites excluding steroid dienone is 1. The molecule has 0 unspecified atom stereocenters. The molecule has 6 nitrogen and oxygen atoms in total. The van der Waals surface area contributed by atoms with Crippen LogP contribution in [0.4, 0.5) is 0 Å². The van der Waals surface area contributed by atoms with Crippen LogP contribution in [0.2, 0.25) is 0 Å². The molecule has 1 saturated heterocycles. The fourth-order valence-corrected chi connectivity index (χ4v) is 4.41. The molecule has 164 valence electrons. The van der Waals surface area contributed by atoms with Gasteiger partial charge in [0.15, 0.2) is 5.78 Å². The van der Waals surface area contributed by atoms with E-state index >= 15 is 0 Å². The van der Waals surface area contributed by atoms with Crippen LogP contribution >= 0.6 is 0 Å². The lowest BCUT2D eigenvalue weighted by molar-refractivity contribution is -0.149. The molecule has 0 spiro atoms. The Labute approximate surface area is 186 Å². The van der Waals surface area contributed by atoms with Crippen LogP contribution in [0.15, 0.2) is 66.7 Å². The van der Waals surface area contributed by atoms with Crippen molar-refractivity contribution in [1.29, 1.82) is 0 Å². The highest BCUT2D eigenvalue weighted by Crippen LogP contribution is 2.42. The average Bonchev–Trinajstić information content (AvgIpc) is 3.26. The predicted molar refractivity (Wildman–Crippen MR) is 116 cm³/mol. The monoisotopic (exact) mass is 432 g/mol. The van der Waals surface area contributed by atoms with Crippen molar-refractivity contribution in [3.05, 3.63) is 83.4 Å². The summed E-state index contributed by atoms with van der Waals surface area (Å²) < 4.78 is 10.9. The minimum Gasteiger partial charge on any atom is -0.458 e. The number of carbonyl (C=O) groups excluding carboxylic acids is 4. The number of ether oxygens (including phenoxy) is 2. The van der Waals surface area contributed by atoms with Crippen molar-refractivity contribution >= 4 is 23.5 Å². The van der Waals surface area contributed by atoms with Crippen molar-refractivity contribution in [2.45, 2.75) is 38.4 Å². The van der Waals surface area contributed by atoms with Gasteiger partial charge in [-0.2, -0.15) is 0 Å². The Morgan fingerprint density at radius 3 is 2.56 bits per heavy atom. The van der Waals surface area contributed by atoms with E-state index in [0.717, 1.165) is 11.1 Å². The van der Waals surface area contributed by atoms with Crippen LogP contribution in [0.25, 0.3) is 0 Å². The van der Waals surface area contributed by atoms with Crippen LogP contribution < -0.4 is 0 Å². The molecule has 1 aliphatic carbocycles. The molecule has 1 heterocycles. The van der Waals surface area contributed by atoms with Gasteiger partial charge >= 0.3 is 11.9 Å². The Morgan fingerprint density at radius 1 is 1.09 bits per heavy atom. The molecule has 0 N–H and O–H groups in total. The van der Waals surface area contributed by atoms with E-state index in [1.807, 2.05) is 38.1 Å². The summed E-state index contributed by atoms with van der Waals surface area (Å²) in [6, 6.07) is 16.3. The SMILES string of the molecule is Cc1cccc([C@@H](C)C(=O)/C=C/[C@@H]2[C@H]3C(=O)C(=O)O[C@H]3C[C@H]2OC(=O)c2ccccc2)c1. The predicted octanol–water partition coefficient (Wildman–Crippen LogP) is 3.58. The third kappa shape index (κ3) is 4.26. The summed E-state index contributed by atoms with van der Waals surface area (Å²) in [6.07, 6.45) is 1.93. The summed E-state index contributed by atoms with van der Waals surface area (Å²) >= 11 is 0. The fraction of sp³-hybridized carbons (Fsp3) is 0.308. The molecular formula is C26H24O6. The van der Waals surface area contributed by atoms with Crippen LogP contribution in [0.1, 0.15) is 40.7 Å². The molecule has 1 saturated carbocycles. The van der Waals surface area contributed by atoms with Crippen LogP contribution in [-0.4, -0.2) is 35.7 Å². The van der Waals surface area contributed by atoms with E-state index in [1.54, 1.807) is 36.4 Å². The maximum absolute atomic E-state index is 12.8. The van der Waals surface area contributed by atoms with Gasteiger partial charge in [-0.15, -0.1) is 0 Å². The highest BCUT2D eigenvalue weighted by Gasteiger charge is 2.56. The first kappa shape index (κ1) is 21.7. The highest BCUT2D eigenvalue weighted by molar-refractivity contribution is 6.36. The zero-order valence-electron chi connectivity index (χ0n) is 17.9. The van der Waals surface area contributed by atoms with Crippen molar-refractivity contribution in [3.63, 3.8) is 0 Å². The Hall–Kier alpha value is -3.54. The molecule has 0 radical (unpaired) electrons. The molecule has 0 aromatic heterocycles. The zero-order chi connectivity index (χ0) is 22.8. The number of Topliss-reactive ketones (excluding diaryl/α,β-unsaturated/α-hetero) is 1. The molecule has 4 rings (SSSR count). The van der Waals surface area contributed by atoms with Gasteiger partial charge in [0.25, 0.3) is 0 Å². The van der Waals surface area contributed by atoms with E-state index in [1.165, 1.54) is 6.08 Å².